The Hall–Kier alpha value is -2.77. The number of aromatic amines is 1. The van der Waals surface area contributed by atoms with E-state index in [4.69, 9.17) is 4.74 Å². The van der Waals surface area contributed by atoms with Gasteiger partial charge < -0.3 is 10.1 Å². The highest BCUT2D eigenvalue weighted by atomic mass is 19.4. The molecule has 1 unspecified atom stereocenters. The van der Waals surface area contributed by atoms with Crippen LogP contribution < -0.4 is 5.32 Å². The lowest BCUT2D eigenvalue weighted by Crippen LogP contribution is -2.25. The van der Waals surface area contributed by atoms with Crippen molar-refractivity contribution in [2.24, 2.45) is 0 Å². The third-order valence-electron chi connectivity index (χ3n) is 4.05. The second-order valence-corrected chi connectivity index (χ2v) is 5.59. The molecular weight excluding hydrogens is 335 g/mol. The predicted octanol–water partition coefficient (Wildman–Crippen LogP) is 3.82. The Labute approximate surface area is 141 Å². The number of halogens is 3. The summed E-state index contributed by atoms with van der Waals surface area (Å²) in [5.74, 6) is -1.18. The van der Waals surface area contributed by atoms with Crippen molar-refractivity contribution in [1.29, 1.82) is 0 Å². The number of aromatic nitrogens is 2. The Morgan fingerprint density at radius 1 is 1.28 bits per heavy atom. The molecule has 3 rings (SSSR count). The van der Waals surface area contributed by atoms with E-state index < -0.39 is 23.6 Å². The lowest BCUT2D eigenvalue weighted by atomic mass is 9.80. The first-order chi connectivity index (χ1) is 11.8. The van der Waals surface area contributed by atoms with E-state index in [2.05, 4.69) is 15.5 Å². The number of H-pyrrole nitrogens is 1. The van der Waals surface area contributed by atoms with Crippen LogP contribution in [0.15, 0.2) is 41.7 Å². The van der Waals surface area contributed by atoms with Gasteiger partial charge in [-0.05, 0) is 25.5 Å². The van der Waals surface area contributed by atoms with Crippen LogP contribution in [0.1, 0.15) is 36.5 Å². The highest BCUT2D eigenvalue weighted by Gasteiger charge is 2.41. The Kier molecular flexibility index (Phi) is 4.28. The normalized spacial score (nSPS) is 17.1. The maximum atomic E-state index is 13.5. The Balaban J connectivity index is 2.23. The molecule has 8 heteroatoms. The number of benzene rings is 1. The summed E-state index contributed by atoms with van der Waals surface area (Å²) in [6.45, 7) is 3.39. The fourth-order valence-corrected chi connectivity index (χ4v) is 3.05. The second-order valence-electron chi connectivity index (χ2n) is 5.59. The first-order valence-electron chi connectivity index (χ1n) is 7.69. The zero-order valence-corrected chi connectivity index (χ0v) is 13.6. The zero-order valence-electron chi connectivity index (χ0n) is 13.6. The fourth-order valence-electron chi connectivity index (χ4n) is 3.05. The number of carbonyl (C=O) groups is 1. The van der Waals surface area contributed by atoms with Gasteiger partial charge in [0.25, 0.3) is 0 Å². The zero-order chi connectivity index (χ0) is 18.2. The van der Waals surface area contributed by atoms with Crippen LogP contribution in [-0.2, 0) is 15.7 Å². The van der Waals surface area contributed by atoms with Crippen LogP contribution in [0.25, 0.3) is 0 Å². The molecule has 0 saturated heterocycles. The van der Waals surface area contributed by atoms with E-state index in [0.717, 1.165) is 6.07 Å². The lowest BCUT2D eigenvalue weighted by Gasteiger charge is -2.28. The molecule has 2 aromatic rings. The first kappa shape index (κ1) is 17.1. The van der Waals surface area contributed by atoms with Gasteiger partial charge in [0.05, 0.1) is 17.7 Å². The highest BCUT2D eigenvalue weighted by Crippen LogP contribution is 2.45. The van der Waals surface area contributed by atoms with Crippen molar-refractivity contribution in [3.05, 3.63) is 58.4 Å². The van der Waals surface area contributed by atoms with Gasteiger partial charge in [0.1, 0.15) is 0 Å². The monoisotopic (exact) mass is 351 g/mol. The van der Waals surface area contributed by atoms with Crippen LogP contribution >= 0.6 is 0 Å². The number of fused-ring (bicyclic) bond motifs is 1. The summed E-state index contributed by atoms with van der Waals surface area (Å²) in [7, 11) is 0. The molecule has 2 N–H and O–H groups in total. The van der Waals surface area contributed by atoms with E-state index in [0.29, 0.717) is 17.1 Å². The molecule has 1 aromatic carbocycles. The number of carbonyl (C=O) groups excluding carboxylic acids is 1. The van der Waals surface area contributed by atoms with Gasteiger partial charge in [0.15, 0.2) is 5.82 Å². The third-order valence-corrected chi connectivity index (χ3v) is 4.05. The molecular formula is C17H16F3N3O2. The van der Waals surface area contributed by atoms with Crippen molar-refractivity contribution >= 4 is 11.8 Å². The molecule has 1 aliphatic rings. The van der Waals surface area contributed by atoms with Crippen LogP contribution in [-0.4, -0.2) is 22.8 Å². The van der Waals surface area contributed by atoms with Crippen molar-refractivity contribution < 1.29 is 22.7 Å². The summed E-state index contributed by atoms with van der Waals surface area (Å²) < 4.78 is 45.6. The minimum atomic E-state index is -4.54. The molecule has 0 radical (unpaired) electrons. The van der Waals surface area contributed by atoms with Crippen molar-refractivity contribution in [1.82, 2.24) is 10.2 Å². The van der Waals surface area contributed by atoms with Crippen LogP contribution in [0.5, 0.6) is 0 Å². The van der Waals surface area contributed by atoms with E-state index in [1.165, 1.54) is 24.4 Å². The molecule has 0 amide bonds. The number of esters is 1. The van der Waals surface area contributed by atoms with E-state index in [1.807, 2.05) is 0 Å². The molecule has 1 atom stereocenters. The highest BCUT2D eigenvalue weighted by molar-refractivity contribution is 5.94. The molecule has 25 heavy (non-hydrogen) atoms. The summed E-state index contributed by atoms with van der Waals surface area (Å²) in [6.07, 6.45) is -3.05. The van der Waals surface area contributed by atoms with Gasteiger partial charge in [0.2, 0.25) is 0 Å². The van der Waals surface area contributed by atoms with E-state index in [1.54, 1.807) is 13.8 Å². The molecule has 0 spiro atoms. The van der Waals surface area contributed by atoms with Crippen molar-refractivity contribution in [2.45, 2.75) is 25.9 Å². The van der Waals surface area contributed by atoms with E-state index >= 15 is 0 Å². The van der Waals surface area contributed by atoms with Crippen LogP contribution in [0.4, 0.5) is 19.0 Å². The average molecular weight is 351 g/mol. The van der Waals surface area contributed by atoms with Crippen LogP contribution in [0.3, 0.4) is 0 Å². The average Bonchev–Trinajstić information content (AvgIpc) is 3.00. The predicted molar refractivity (Wildman–Crippen MR) is 84.8 cm³/mol. The van der Waals surface area contributed by atoms with Gasteiger partial charge >= 0.3 is 12.1 Å². The molecule has 2 heterocycles. The Morgan fingerprint density at radius 3 is 2.68 bits per heavy atom. The van der Waals surface area contributed by atoms with Gasteiger partial charge in [-0.2, -0.15) is 18.3 Å². The van der Waals surface area contributed by atoms with Gasteiger partial charge in [-0.15, -0.1) is 0 Å². The van der Waals surface area contributed by atoms with Crippen molar-refractivity contribution in [2.75, 3.05) is 11.9 Å². The van der Waals surface area contributed by atoms with Gasteiger partial charge in [-0.1, -0.05) is 18.2 Å². The number of rotatable bonds is 3. The molecule has 1 aromatic heterocycles. The molecule has 1 aliphatic heterocycles. The van der Waals surface area contributed by atoms with Crippen molar-refractivity contribution in [3.8, 4) is 0 Å². The van der Waals surface area contributed by atoms with Crippen LogP contribution in [0, 0.1) is 0 Å². The third kappa shape index (κ3) is 2.99. The first-order valence-corrected chi connectivity index (χ1v) is 7.69. The topological polar surface area (TPSA) is 67.0 Å². The standard InChI is InChI=1S/C17H16F3N3O2/c1-3-25-16(24)13-9(2)22-15-11(8-21-23-15)14(13)10-6-4-5-7-12(10)17(18,19)20/h4-8,14H,3H2,1-2H3,(H2,21,22,23). The van der Waals surface area contributed by atoms with Crippen molar-refractivity contribution in [3.63, 3.8) is 0 Å². The largest absolute Gasteiger partial charge is 0.463 e. The summed E-state index contributed by atoms with van der Waals surface area (Å²) in [5, 5.41) is 9.59. The summed E-state index contributed by atoms with van der Waals surface area (Å²) in [6, 6.07) is 5.23. The van der Waals surface area contributed by atoms with Gasteiger partial charge in [0, 0.05) is 23.4 Å². The maximum absolute atomic E-state index is 13.5. The number of hydrogen-bond acceptors (Lipinski definition) is 4. The van der Waals surface area contributed by atoms with Gasteiger partial charge in [-0.25, -0.2) is 4.79 Å². The second kappa shape index (κ2) is 6.27. The Morgan fingerprint density at radius 2 is 2.00 bits per heavy atom. The number of nitrogens with zero attached hydrogens (tertiary/aromatic N) is 1. The Bertz CT molecular complexity index is 840. The van der Waals surface area contributed by atoms with E-state index in [9.17, 15) is 18.0 Å². The SMILES string of the molecule is CCOC(=O)C1=C(C)Nc2n[nH]cc2C1c1ccccc1C(F)(F)F. The smallest absolute Gasteiger partial charge is 0.416 e. The quantitative estimate of drug-likeness (QED) is 0.825. The summed E-state index contributed by atoms with van der Waals surface area (Å²) >= 11 is 0. The minimum absolute atomic E-state index is 0.0125. The molecule has 132 valence electrons. The van der Waals surface area contributed by atoms with Gasteiger partial charge in [-0.3, -0.25) is 5.10 Å². The molecule has 0 saturated carbocycles. The minimum Gasteiger partial charge on any atom is -0.463 e. The summed E-state index contributed by atoms with van der Waals surface area (Å²) in [5.41, 5.74) is 0.225. The lowest BCUT2D eigenvalue weighted by molar-refractivity contribution is -0.140. The molecule has 5 nitrogen and oxygen atoms in total. The molecule has 0 bridgehead atoms. The number of allylic oxidation sites excluding steroid dienone is 1. The molecule has 0 fully saturated rings. The number of hydrogen-bond donors (Lipinski definition) is 2. The maximum Gasteiger partial charge on any atom is 0.416 e. The fraction of sp³-hybridized carbons (Fsp3) is 0.294. The van der Waals surface area contributed by atoms with E-state index in [-0.39, 0.29) is 17.7 Å². The summed E-state index contributed by atoms with van der Waals surface area (Å²) in [4.78, 5) is 12.5. The number of alkyl halides is 3. The number of anilines is 1. The number of nitrogens with one attached hydrogen (secondary N) is 2. The molecule has 0 aliphatic carbocycles. The number of ether oxygens (including phenoxy) is 1. The van der Waals surface area contributed by atoms with Crippen LogP contribution in [0.2, 0.25) is 0 Å².